The Morgan fingerprint density at radius 2 is 1.73 bits per heavy atom. The molecule has 3 nitrogen and oxygen atoms in total. The second-order valence-electron chi connectivity index (χ2n) is 5.33. The van der Waals surface area contributed by atoms with Crippen LogP contribution in [0, 0.1) is 6.92 Å². The highest BCUT2D eigenvalue weighted by Gasteiger charge is 2.13. The average Bonchev–Trinajstić information content (AvgIpc) is 2.52. The Balaban J connectivity index is 2.22. The highest BCUT2D eigenvalue weighted by molar-refractivity contribution is 6.32. The van der Waals surface area contributed by atoms with Gasteiger partial charge in [-0.2, -0.15) is 0 Å². The maximum Gasteiger partial charge on any atom is 0.137 e. The number of halogens is 1. The van der Waals surface area contributed by atoms with Crippen LogP contribution >= 0.6 is 11.6 Å². The fourth-order valence-electron chi connectivity index (χ4n) is 2.61. The lowest BCUT2D eigenvalue weighted by molar-refractivity contribution is 0.411. The van der Waals surface area contributed by atoms with Gasteiger partial charge < -0.3 is 15.2 Å². The van der Waals surface area contributed by atoms with Gasteiger partial charge in [0, 0.05) is 5.92 Å². The molecule has 0 aromatic heterocycles. The zero-order valence-corrected chi connectivity index (χ0v) is 14.0. The van der Waals surface area contributed by atoms with E-state index >= 15 is 0 Å². The van der Waals surface area contributed by atoms with Crippen LogP contribution in [0.25, 0.3) is 0 Å². The van der Waals surface area contributed by atoms with Crippen molar-refractivity contribution in [3.63, 3.8) is 0 Å². The predicted octanol–water partition coefficient (Wildman–Crippen LogP) is 3.95. The van der Waals surface area contributed by atoms with Gasteiger partial charge in [-0.15, -0.1) is 0 Å². The molecule has 0 aliphatic rings. The second-order valence-corrected chi connectivity index (χ2v) is 5.74. The monoisotopic (exact) mass is 319 g/mol. The minimum absolute atomic E-state index is 0.245. The Morgan fingerprint density at radius 1 is 1.05 bits per heavy atom. The van der Waals surface area contributed by atoms with Crippen molar-refractivity contribution in [2.75, 3.05) is 20.8 Å². The minimum atomic E-state index is 0.245. The van der Waals surface area contributed by atoms with E-state index in [1.54, 1.807) is 14.2 Å². The van der Waals surface area contributed by atoms with Gasteiger partial charge in [0.1, 0.15) is 11.5 Å². The van der Waals surface area contributed by atoms with Crippen LogP contribution in [0.3, 0.4) is 0 Å². The first-order valence-corrected chi connectivity index (χ1v) is 7.63. The number of hydrogen-bond acceptors (Lipinski definition) is 3. The predicted molar refractivity (Wildman–Crippen MR) is 91.2 cm³/mol. The molecular weight excluding hydrogens is 298 g/mol. The topological polar surface area (TPSA) is 44.5 Å². The maximum absolute atomic E-state index is 6.19. The van der Waals surface area contributed by atoms with Crippen molar-refractivity contribution in [3.05, 3.63) is 58.1 Å². The Morgan fingerprint density at radius 3 is 2.27 bits per heavy atom. The van der Waals surface area contributed by atoms with E-state index < -0.39 is 0 Å². The van der Waals surface area contributed by atoms with Crippen LogP contribution in [0.1, 0.15) is 22.6 Å². The summed E-state index contributed by atoms with van der Waals surface area (Å²) in [5.41, 5.74) is 9.46. The Labute approximate surface area is 137 Å². The molecule has 22 heavy (non-hydrogen) atoms. The zero-order chi connectivity index (χ0) is 16.1. The molecule has 0 aliphatic heterocycles. The third kappa shape index (κ3) is 3.73. The number of ether oxygens (including phenoxy) is 2. The Bertz CT molecular complexity index is 643. The minimum Gasteiger partial charge on any atom is -0.496 e. The van der Waals surface area contributed by atoms with Crippen LogP contribution in [0.5, 0.6) is 11.5 Å². The molecule has 0 saturated carbocycles. The van der Waals surface area contributed by atoms with E-state index in [0.717, 1.165) is 23.3 Å². The summed E-state index contributed by atoms with van der Waals surface area (Å²) in [6.07, 6.45) is 0.839. The molecule has 0 heterocycles. The molecule has 0 saturated heterocycles. The first-order valence-electron chi connectivity index (χ1n) is 7.26. The number of benzene rings is 2. The van der Waals surface area contributed by atoms with Gasteiger partial charge in [-0.25, -0.2) is 0 Å². The van der Waals surface area contributed by atoms with Crippen molar-refractivity contribution < 1.29 is 9.47 Å². The van der Waals surface area contributed by atoms with E-state index in [4.69, 9.17) is 26.8 Å². The zero-order valence-electron chi connectivity index (χ0n) is 13.2. The van der Waals surface area contributed by atoms with E-state index in [1.807, 2.05) is 31.2 Å². The Kier molecular flexibility index (Phi) is 5.69. The summed E-state index contributed by atoms with van der Waals surface area (Å²) in [6, 6.07) is 12.1. The van der Waals surface area contributed by atoms with Crippen molar-refractivity contribution in [2.24, 2.45) is 5.73 Å². The summed E-state index contributed by atoms with van der Waals surface area (Å²) >= 11 is 6.19. The van der Waals surface area contributed by atoms with Crippen LogP contribution in [0.2, 0.25) is 5.02 Å². The molecule has 1 atom stereocenters. The van der Waals surface area contributed by atoms with Gasteiger partial charge in [0.2, 0.25) is 0 Å². The van der Waals surface area contributed by atoms with Crippen LogP contribution < -0.4 is 15.2 Å². The van der Waals surface area contributed by atoms with E-state index in [2.05, 4.69) is 12.1 Å². The number of aryl methyl sites for hydroxylation is 1. The van der Waals surface area contributed by atoms with Crippen LogP contribution in [0.15, 0.2) is 36.4 Å². The van der Waals surface area contributed by atoms with Gasteiger partial charge in [-0.05, 0) is 54.8 Å². The van der Waals surface area contributed by atoms with E-state index in [1.165, 1.54) is 5.56 Å². The molecule has 0 fully saturated rings. The summed E-state index contributed by atoms with van der Waals surface area (Å²) in [6.45, 7) is 2.62. The average molecular weight is 320 g/mol. The van der Waals surface area contributed by atoms with Crippen molar-refractivity contribution in [1.82, 2.24) is 0 Å². The molecule has 4 heteroatoms. The molecule has 118 valence electrons. The molecule has 2 rings (SSSR count). The van der Waals surface area contributed by atoms with Gasteiger partial charge in [-0.3, -0.25) is 0 Å². The van der Waals surface area contributed by atoms with Crippen molar-refractivity contribution in [2.45, 2.75) is 19.3 Å². The van der Waals surface area contributed by atoms with E-state index in [0.29, 0.717) is 17.3 Å². The summed E-state index contributed by atoms with van der Waals surface area (Å²) in [4.78, 5) is 0. The summed E-state index contributed by atoms with van der Waals surface area (Å²) in [5, 5.41) is 0.627. The van der Waals surface area contributed by atoms with Crippen LogP contribution in [0.4, 0.5) is 0 Å². The van der Waals surface area contributed by atoms with E-state index in [9.17, 15) is 0 Å². The quantitative estimate of drug-likeness (QED) is 0.876. The largest absolute Gasteiger partial charge is 0.496 e. The number of nitrogens with two attached hydrogens (primary N) is 1. The first kappa shape index (κ1) is 16.7. The standard InChI is InChI=1S/C18H22ClNO2/c1-12-8-14(5-7-17(12)21-2)15(11-20)9-13-4-6-18(22-3)16(19)10-13/h4-8,10,15H,9,11,20H2,1-3H3. The lowest BCUT2D eigenvalue weighted by Gasteiger charge is -2.17. The smallest absolute Gasteiger partial charge is 0.137 e. The van der Waals surface area contributed by atoms with Gasteiger partial charge in [0.05, 0.1) is 19.2 Å². The molecule has 0 spiro atoms. The maximum atomic E-state index is 6.19. The fourth-order valence-corrected chi connectivity index (χ4v) is 2.89. The number of methoxy groups -OCH3 is 2. The van der Waals surface area contributed by atoms with Crippen molar-refractivity contribution in [1.29, 1.82) is 0 Å². The first-order chi connectivity index (χ1) is 10.6. The van der Waals surface area contributed by atoms with E-state index in [-0.39, 0.29) is 5.92 Å². The molecule has 2 N–H and O–H groups in total. The molecule has 2 aromatic carbocycles. The number of hydrogen-bond donors (Lipinski definition) is 1. The fraction of sp³-hybridized carbons (Fsp3) is 0.333. The second kappa shape index (κ2) is 7.52. The molecular formula is C18H22ClNO2. The molecule has 0 amide bonds. The summed E-state index contributed by atoms with van der Waals surface area (Å²) in [7, 11) is 3.30. The summed E-state index contributed by atoms with van der Waals surface area (Å²) < 4.78 is 10.5. The molecule has 0 aliphatic carbocycles. The van der Waals surface area contributed by atoms with Crippen molar-refractivity contribution >= 4 is 11.6 Å². The molecule has 0 bridgehead atoms. The van der Waals surface area contributed by atoms with Crippen LogP contribution in [-0.4, -0.2) is 20.8 Å². The lowest BCUT2D eigenvalue weighted by Crippen LogP contribution is -2.15. The third-order valence-electron chi connectivity index (χ3n) is 3.87. The van der Waals surface area contributed by atoms with Crippen LogP contribution in [-0.2, 0) is 6.42 Å². The van der Waals surface area contributed by atoms with Gasteiger partial charge in [0.15, 0.2) is 0 Å². The Hall–Kier alpha value is -1.71. The van der Waals surface area contributed by atoms with Gasteiger partial charge in [0.25, 0.3) is 0 Å². The number of rotatable bonds is 6. The highest BCUT2D eigenvalue weighted by Crippen LogP contribution is 2.29. The summed E-state index contributed by atoms with van der Waals surface area (Å²) in [5.74, 6) is 1.83. The molecule has 2 aromatic rings. The normalized spacial score (nSPS) is 12.0. The lowest BCUT2D eigenvalue weighted by atomic mass is 9.91. The highest BCUT2D eigenvalue weighted by atomic mass is 35.5. The third-order valence-corrected chi connectivity index (χ3v) is 4.17. The van der Waals surface area contributed by atoms with Gasteiger partial charge >= 0.3 is 0 Å². The molecule has 1 unspecified atom stereocenters. The molecule has 0 radical (unpaired) electrons. The SMILES string of the molecule is COc1ccc(C(CN)Cc2ccc(OC)c(Cl)c2)cc1C. The van der Waals surface area contributed by atoms with Crippen molar-refractivity contribution in [3.8, 4) is 11.5 Å². The van der Waals surface area contributed by atoms with Gasteiger partial charge in [-0.1, -0.05) is 29.8 Å².